The van der Waals surface area contributed by atoms with Gasteiger partial charge in [0.05, 0.1) is 0 Å². The summed E-state index contributed by atoms with van der Waals surface area (Å²) < 4.78 is 0. The Morgan fingerprint density at radius 1 is 1.37 bits per heavy atom. The molecule has 0 spiro atoms. The van der Waals surface area contributed by atoms with Crippen LogP contribution in [0.2, 0.25) is 0 Å². The molecule has 2 rings (SSSR count). The fourth-order valence-corrected chi connectivity index (χ4v) is 3.31. The maximum atomic E-state index is 12.7. The average molecular weight is 262 g/mol. The summed E-state index contributed by atoms with van der Waals surface area (Å²) in [5.74, 6) is 0.988. The molecule has 1 fully saturated rings. The molecule has 2 heterocycles. The van der Waals surface area contributed by atoms with Crippen molar-refractivity contribution >= 4 is 5.91 Å². The van der Waals surface area contributed by atoms with Crippen molar-refractivity contribution in [1.82, 2.24) is 10.2 Å². The van der Waals surface area contributed by atoms with E-state index in [1.54, 1.807) is 0 Å². The minimum Gasteiger partial charge on any atom is -0.387 e. The molecule has 2 aliphatic rings. The maximum absolute atomic E-state index is 12.7. The van der Waals surface area contributed by atoms with Crippen LogP contribution < -0.4 is 5.32 Å². The number of nitrogens with one attached hydrogen (secondary N) is 1. The SMILES string of the molecule is CCC1CC[C@@H](C)N(C(=O)C2=CC=CNC2)C(C)C1. The Balaban J connectivity index is 2.14. The minimum absolute atomic E-state index is 0.216. The van der Waals surface area contributed by atoms with Crippen LogP contribution in [0.4, 0.5) is 0 Å². The molecule has 0 radical (unpaired) electrons. The molecule has 0 aliphatic carbocycles. The van der Waals surface area contributed by atoms with Crippen LogP contribution in [0.5, 0.6) is 0 Å². The van der Waals surface area contributed by atoms with Gasteiger partial charge in [-0.15, -0.1) is 0 Å². The van der Waals surface area contributed by atoms with Crippen molar-refractivity contribution < 1.29 is 4.79 Å². The number of likely N-dealkylation sites (tertiary alicyclic amines) is 1. The Morgan fingerprint density at radius 2 is 2.16 bits per heavy atom. The van der Waals surface area contributed by atoms with Crippen molar-refractivity contribution in [3.05, 3.63) is 23.9 Å². The molecule has 19 heavy (non-hydrogen) atoms. The summed E-state index contributed by atoms with van der Waals surface area (Å²) in [4.78, 5) is 14.8. The summed E-state index contributed by atoms with van der Waals surface area (Å²) in [5, 5.41) is 3.12. The van der Waals surface area contributed by atoms with Gasteiger partial charge >= 0.3 is 0 Å². The smallest absolute Gasteiger partial charge is 0.252 e. The van der Waals surface area contributed by atoms with Crippen LogP contribution in [-0.4, -0.2) is 29.4 Å². The maximum Gasteiger partial charge on any atom is 0.252 e. The van der Waals surface area contributed by atoms with Crippen LogP contribution in [0.1, 0.15) is 46.5 Å². The normalized spacial score (nSPS) is 31.4. The Morgan fingerprint density at radius 3 is 2.79 bits per heavy atom. The lowest BCUT2D eigenvalue weighted by Crippen LogP contribution is -2.45. The largest absolute Gasteiger partial charge is 0.387 e. The number of nitrogens with zero attached hydrogens (tertiary/aromatic N) is 1. The van der Waals surface area contributed by atoms with E-state index in [2.05, 4.69) is 31.0 Å². The molecule has 3 atom stereocenters. The summed E-state index contributed by atoms with van der Waals surface area (Å²) >= 11 is 0. The molecule has 2 aliphatic heterocycles. The van der Waals surface area contributed by atoms with Gasteiger partial charge in [-0.05, 0) is 51.3 Å². The zero-order chi connectivity index (χ0) is 13.8. The molecular weight excluding hydrogens is 236 g/mol. The number of rotatable bonds is 2. The molecule has 3 heteroatoms. The van der Waals surface area contributed by atoms with Crippen molar-refractivity contribution in [2.75, 3.05) is 6.54 Å². The summed E-state index contributed by atoms with van der Waals surface area (Å²) in [7, 11) is 0. The lowest BCUT2D eigenvalue weighted by Gasteiger charge is -2.34. The highest BCUT2D eigenvalue weighted by molar-refractivity contribution is 5.94. The second-order valence-electron chi connectivity index (χ2n) is 5.93. The van der Waals surface area contributed by atoms with E-state index in [9.17, 15) is 4.79 Å². The van der Waals surface area contributed by atoms with Crippen molar-refractivity contribution in [3.8, 4) is 0 Å². The zero-order valence-electron chi connectivity index (χ0n) is 12.4. The van der Waals surface area contributed by atoms with E-state index in [0.29, 0.717) is 18.6 Å². The van der Waals surface area contributed by atoms with Crippen molar-refractivity contribution in [1.29, 1.82) is 0 Å². The van der Waals surface area contributed by atoms with Gasteiger partial charge in [0.15, 0.2) is 0 Å². The predicted octanol–water partition coefficient (Wildman–Crippen LogP) is 2.85. The van der Waals surface area contributed by atoms with Crippen molar-refractivity contribution in [2.24, 2.45) is 5.92 Å². The monoisotopic (exact) mass is 262 g/mol. The van der Waals surface area contributed by atoms with E-state index in [0.717, 1.165) is 24.3 Å². The van der Waals surface area contributed by atoms with Gasteiger partial charge in [-0.2, -0.15) is 0 Å². The topological polar surface area (TPSA) is 32.3 Å². The summed E-state index contributed by atoms with van der Waals surface area (Å²) in [6.07, 6.45) is 10.5. The molecule has 0 aromatic rings. The van der Waals surface area contributed by atoms with Gasteiger partial charge in [0.2, 0.25) is 0 Å². The molecule has 0 aromatic heterocycles. The first-order chi connectivity index (χ1) is 9.13. The van der Waals surface area contributed by atoms with Crippen molar-refractivity contribution in [2.45, 2.75) is 58.5 Å². The molecule has 0 saturated carbocycles. The van der Waals surface area contributed by atoms with Gasteiger partial charge in [-0.3, -0.25) is 4.79 Å². The van der Waals surface area contributed by atoms with Gasteiger partial charge in [-0.25, -0.2) is 0 Å². The van der Waals surface area contributed by atoms with Crippen LogP contribution in [0.15, 0.2) is 23.9 Å². The third kappa shape index (κ3) is 3.20. The minimum atomic E-state index is 0.216. The number of hydrogen-bond acceptors (Lipinski definition) is 2. The Hall–Kier alpha value is -1.25. The molecule has 1 saturated heterocycles. The van der Waals surface area contributed by atoms with Crippen LogP contribution in [0.25, 0.3) is 0 Å². The molecule has 3 nitrogen and oxygen atoms in total. The van der Waals surface area contributed by atoms with Gasteiger partial charge < -0.3 is 10.2 Å². The van der Waals surface area contributed by atoms with Crippen LogP contribution in [0.3, 0.4) is 0 Å². The van der Waals surface area contributed by atoms with E-state index in [1.807, 2.05) is 18.4 Å². The quantitative estimate of drug-likeness (QED) is 0.830. The first kappa shape index (κ1) is 14.2. The highest BCUT2D eigenvalue weighted by Crippen LogP contribution is 2.29. The lowest BCUT2D eigenvalue weighted by atomic mass is 9.94. The molecule has 106 valence electrons. The van der Waals surface area contributed by atoms with E-state index < -0.39 is 0 Å². The average Bonchev–Trinajstić information content (AvgIpc) is 2.57. The second kappa shape index (κ2) is 6.27. The standard InChI is InChI=1S/C16H26N2O/c1-4-14-8-7-12(2)18(13(3)10-14)16(19)15-6-5-9-17-11-15/h5-6,9,12-14,17H,4,7-8,10-11H2,1-3H3/t12-,13?,14?/m1/s1. The molecular formula is C16H26N2O. The van der Waals surface area contributed by atoms with Gasteiger partial charge in [-0.1, -0.05) is 19.4 Å². The van der Waals surface area contributed by atoms with Crippen molar-refractivity contribution in [3.63, 3.8) is 0 Å². The fraction of sp³-hybridized carbons (Fsp3) is 0.688. The summed E-state index contributed by atoms with van der Waals surface area (Å²) in [6.45, 7) is 7.31. The Kier molecular flexibility index (Phi) is 4.67. The number of dihydropyridines is 1. The number of amides is 1. The third-order valence-corrected chi connectivity index (χ3v) is 4.51. The molecule has 0 aromatic carbocycles. The highest BCUT2D eigenvalue weighted by Gasteiger charge is 2.31. The highest BCUT2D eigenvalue weighted by atomic mass is 16.2. The summed E-state index contributed by atoms with van der Waals surface area (Å²) in [6, 6.07) is 0.701. The molecule has 2 unspecified atom stereocenters. The Bertz CT molecular complexity index is 386. The molecule has 1 N–H and O–H groups in total. The zero-order valence-corrected chi connectivity index (χ0v) is 12.4. The van der Waals surface area contributed by atoms with Crippen LogP contribution in [-0.2, 0) is 4.79 Å². The van der Waals surface area contributed by atoms with E-state index in [4.69, 9.17) is 0 Å². The van der Waals surface area contributed by atoms with Gasteiger partial charge in [0.25, 0.3) is 5.91 Å². The fourth-order valence-electron chi connectivity index (χ4n) is 3.31. The molecule has 0 bridgehead atoms. The number of carbonyl (C=O) groups excluding carboxylic acids is 1. The van der Waals surface area contributed by atoms with Gasteiger partial charge in [0.1, 0.15) is 0 Å². The van der Waals surface area contributed by atoms with Crippen LogP contribution in [0, 0.1) is 5.92 Å². The molecule has 1 amide bonds. The third-order valence-electron chi connectivity index (χ3n) is 4.51. The number of hydrogen-bond donors (Lipinski definition) is 1. The van der Waals surface area contributed by atoms with E-state index in [1.165, 1.54) is 12.8 Å². The van der Waals surface area contributed by atoms with E-state index in [-0.39, 0.29) is 5.91 Å². The summed E-state index contributed by atoms with van der Waals surface area (Å²) in [5.41, 5.74) is 0.885. The van der Waals surface area contributed by atoms with Gasteiger partial charge in [0, 0.05) is 24.2 Å². The van der Waals surface area contributed by atoms with E-state index >= 15 is 0 Å². The Labute approximate surface area is 116 Å². The lowest BCUT2D eigenvalue weighted by molar-refractivity contribution is -0.131. The first-order valence-electron chi connectivity index (χ1n) is 7.55. The predicted molar refractivity (Wildman–Crippen MR) is 78.6 cm³/mol. The first-order valence-corrected chi connectivity index (χ1v) is 7.55. The number of allylic oxidation sites excluding steroid dienone is 2. The number of carbonyl (C=O) groups is 1. The van der Waals surface area contributed by atoms with Crippen LogP contribution >= 0.6 is 0 Å². The second-order valence-corrected chi connectivity index (χ2v) is 5.93.